The summed E-state index contributed by atoms with van der Waals surface area (Å²) in [4.78, 5) is 10.2. The topological polar surface area (TPSA) is 37.7 Å². The smallest absolute Gasteiger partial charge is 0.219 e. The highest BCUT2D eigenvalue weighted by molar-refractivity contribution is 5.60. The van der Waals surface area contributed by atoms with E-state index in [-0.39, 0.29) is 5.82 Å². The van der Waals surface area contributed by atoms with E-state index in [4.69, 9.17) is 4.74 Å². The molecule has 0 atom stereocenters. The lowest BCUT2D eigenvalue weighted by Crippen LogP contribution is -2.06. The summed E-state index contributed by atoms with van der Waals surface area (Å²) in [7, 11) is 3.78. The van der Waals surface area contributed by atoms with E-state index in [0.29, 0.717) is 11.6 Å². The Bertz CT molecular complexity index is 550. The lowest BCUT2D eigenvalue weighted by atomic mass is 10.3. The molecule has 98 valence electrons. The van der Waals surface area contributed by atoms with Crippen molar-refractivity contribution < 1.29 is 9.13 Å². The van der Waals surface area contributed by atoms with E-state index in [1.807, 2.05) is 19.0 Å². The van der Waals surface area contributed by atoms with Crippen LogP contribution in [-0.4, -0.2) is 30.3 Å². The Labute approximate surface area is 111 Å². The zero-order chi connectivity index (χ0) is 13.7. The highest BCUT2D eigenvalue weighted by Crippen LogP contribution is 2.21. The third-order valence-corrected chi connectivity index (χ3v) is 2.19. The number of hydrogen-bond acceptors (Lipinski definition) is 3. The van der Waals surface area contributed by atoms with Gasteiger partial charge in [0.15, 0.2) is 0 Å². The summed E-state index contributed by atoms with van der Waals surface area (Å²) < 4.78 is 18.2. The lowest BCUT2D eigenvalue weighted by molar-refractivity contribution is 0.461. The van der Waals surface area contributed by atoms with Crippen LogP contribution in [0.25, 0.3) is 0 Å². The van der Waals surface area contributed by atoms with Crippen molar-refractivity contribution in [2.45, 2.75) is 0 Å². The van der Waals surface area contributed by atoms with Crippen LogP contribution in [0.5, 0.6) is 11.6 Å². The summed E-state index contributed by atoms with van der Waals surface area (Å²) in [6.07, 6.45) is 3.30. The van der Waals surface area contributed by atoms with Gasteiger partial charge in [0.2, 0.25) is 5.88 Å². The van der Waals surface area contributed by atoms with Gasteiger partial charge in [-0.05, 0) is 30.3 Å². The van der Waals surface area contributed by atoms with Gasteiger partial charge < -0.3 is 9.64 Å². The van der Waals surface area contributed by atoms with Crippen molar-refractivity contribution in [3.8, 4) is 11.6 Å². The molecule has 19 heavy (non-hydrogen) atoms. The van der Waals surface area contributed by atoms with E-state index >= 15 is 0 Å². The molecule has 0 N–H and O–H groups in total. The van der Waals surface area contributed by atoms with Gasteiger partial charge in [-0.1, -0.05) is 0 Å². The number of halogens is 1. The number of rotatable bonds is 4. The molecular weight excluding hydrogens is 245 g/mol. The standard InChI is InChI=1S/C14H14FN3O/c1-18(2)10-17-12-5-8-14(16-9-12)19-13-6-3-11(15)4-7-13/h3-10H,1-2H3. The van der Waals surface area contributed by atoms with Crippen molar-refractivity contribution >= 4 is 12.0 Å². The Balaban J connectivity index is 2.04. The van der Waals surface area contributed by atoms with E-state index in [9.17, 15) is 4.39 Å². The number of ether oxygens (including phenoxy) is 1. The van der Waals surface area contributed by atoms with E-state index in [1.165, 1.54) is 12.1 Å². The van der Waals surface area contributed by atoms with Crippen molar-refractivity contribution in [2.24, 2.45) is 4.99 Å². The van der Waals surface area contributed by atoms with Gasteiger partial charge in [0, 0.05) is 20.2 Å². The third kappa shape index (κ3) is 4.06. The predicted octanol–water partition coefficient (Wildman–Crippen LogP) is 3.23. The second-order valence-electron chi connectivity index (χ2n) is 4.12. The number of aromatic nitrogens is 1. The fraction of sp³-hybridized carbons (Fsp3) is 0.143. The summed E-state index contributed by atoms with van der Waals surface area (Å²) >= 11 is 0. The molecule has 2 aromatic rings. The molecule has 0 aliphatic rings. The van der Waals surface area contributed by atoms with Crippen LogP contribution in [0, 0.1) is 5.82 Å². The monoisotopic (exact) mass is 259 g/mol. The van der Waals surface area contributed by atoms with Gasteiger partial charge in [0.1, 0.15) is 11.6 Å². The Morgan fingerprint density at radius 3 is 2.47 bits per heavy atom. The van der Waals surface area contributed by atoms with Gasteiger partial charge in [0.25, 0.3) is 0 Å². The SMILES string of the molecule is CN(C)C=Nc1ccc(Oc2ccc(F)cc2)nc1. The van der Waals surface area contributed by atoms with Gasteiger partial charge in [-0.3, -0.25) is 0 Å². The van der Waals surface area contributed by atoms with Crippen LogP contribution in [0.15, 0.2) is 47.6 Å². The van der Waals surface area contributed by atoms with Gasteiger partial charge in [-0.2, -0.15) is 0 Å². The zero-order valence-corrected chi connectivity index (χ0v) is 10.7. The van der Waals surface area contributed by atoms with E-state index < -0.39 is 0 Å². The van der Waals surface area contributed by atoms with Crippen LogP contribution < -0.4 is 4.74 Å². The number of hydrogen-bond donors (Lipinski definition) is 0. The largest absolute Gasteiger partial charge is 0.439 e. The summed E-state index contributed by atoms with van der Waals surface area (Å²) in [5, 5.41) is 0. The van der Waals surface area contributed by atoms with Crippen LogP contribution in [-0.2, 0) is 0 Å². The second-order valence-corrected chi connectivity index (χ2v) is 4.12. The van der Waals surface area contributed by atoms with Crippen molar-refractivity contribution in [3.63, 3.8) is 0 Å². The summed E-state index contributed by atoms with van der Waals surface area (Å²) in [6.45, 7) is 0. The van der Waals surface area contributed by atoms with Gasteiger partial charge >= 0.3 is 0 Å². The van der Waals surface area contributed by atoms with Gasteiger partial charge in [0.05, 0.1) is 18.2 Å². The first kappa shape index (κ1) is 13.0. The molecule has 1 aromatic heterocycles. The first-order valence-corrected chi connectivity index (χ1v) is 5.73. The number of pyridine rings is 1. The Hall–Kier alpha value is -2.43. The van der Waals surface area contributed by atoms with Gasteiger partial charge in [-0.25, -0.2) is 14.4 Å². The van der Waals surface area contributed by atoms with E-state index in [1.54, 1.807) is 36.8 Å². The van der Waals surface area contributed by atoms with E-state index in [2.05, 4.69) is 9.98 Å². The van der Waals surface area contributed by atoms with Crippen molar-refractivity contribution in [2.75, 3.05) is 14.1 Å². The minimum Gasteiger partial charge on any atom is -0.439 e. The molecule has 0 saturated carbocycles. The minimum atomic E-state index is -0.298. The van der Waals surface area contributed by atoms with E-state index in [0.717, 1.165) is 5.69 Å². The van der Waals surface area contributed by atoms with Crippen LogP contribution in [0.1, 0.15) is 0 Å². The molecular formula is C14H14FN3O. The molecule has 0 spiro atoms. The maximum absolute atomic E-state index is 12.7. The zero-order valence-electron chi connectivity index (χ0n) is 10.7. The number of benzene rings is 1. The Morgan fingerprint density at radius 2 is 1.89 bits per heavy atom. The van der Waals surface area contributed by atoms with Gasteiger partial charge in [-0.15, -0.1) is 0 Å². The summed E-state index contributed by atoms with van der Waals surface area (Å²) in [5.41, 5.74) is 0.736. The molecule has 0 fully saturated rings. The fourth-order valence-electron chi connectivity index (χ4n) is 1.31. The third-order valence-electron chi connectivity index (χ3n) is 2.19. The molecule has 0 unspecified atom stereocenters. The van der Waals surface area contributed by atoms with Crippen LogP contribution in [0.3, 0.4) is 0 Å². The normalized spacial score (nSPS) is 10.7. The highest BCUT2D eigenvalue weighted by atomic mass is 19.1. The molecule has 0 aliphatic carbocycles. The molecule has 1 aromatic carbocycles. The first-order valence-electron chi connectivity index (χ1n) is 5.73. The molecule has 0 saturated heterocycles. The predicted molar refractivity (Wildman–Crippen MR) is 72.6 cm³/mol. The molecule has 0 bridgehead atoms. The Morgan fingerprint density at radius 1 is 1.16 bits per heavy atom. The lowest BCUT2D eigenvalue weighted by Gasteiger charge is -2.05. The molecule has 0 radical (unpaired) electrons. The molecule has 1 heterocycles. The van der Waals surface area contributed by atoms with Crippen LogP contribution in [0.4, 0.5) is 10.1 Å². The number of nitrogens with zero attached hydrogens (tertiary/aromatic N) is 3. The average Bonchev–Trinajstić information content (AvgIpc) is 2.40. The van der Waals surface area contributed by atoms with Crippen LogP contribution in [0.2, 0.25) is 0 Å². The maximum Gasteiger partial charge on any atom is 0.219 e. The Kier molecular flexibility index (Phi) is 4.07. The average molecular weight is 259 g/mol. The minimum absolute atomic E-state index is 0.298. The van der Waals surface area contributed by atoms with Crippen LogP contribution >= 0.6 is 0 Å². The van der Waals surface area contributed by atoms with Crippen molar-refractivity contribution in [1.29, 1.82) is 0 Å². The number of aliphatic imine (C=N–C) groups is 1. The first-order chi connectivity index (χ1) is 9.13. The summed E-state index contributed by atoms with van der Waals surface area (Å²) in [5.74, 6) is 0.683. The van der Waals surface area contributed by atoms with Crippen molar-refractivity contribution in [1.82, 2.24) is 9.88 Å². The molecule has 0 aliphatic heterocycles. The molecule has 2 rings (SSSR count). The van der Waals surface area contributed by atoms with Crippen molar-refractivity contribution in [3.05, 3.63) is 48.4 Å². The quantitative estimate of drug-likeness (QED) is 0.625. The molecule has 0 amide bonds. The second kappa shape index (κ2) is 5.95. The fourth-order valence-corrected chi connectivity index (χ4v) is 1.31. The maximum atomic E-state index is 12.7. The molecule has 4 nitrogen and oxygen atoms in total. The highest BCUT2D eigenvalue weighted by Gasteiger charge is 1.99. The summed E-state index contributed by atoms with van der Waals surface area (Å²) in [6, 6.07) is 9.29. The molecule has 5 heteroatoms.